The first-order valence-electron chi connectivity index (χ1n) is 11.4. The van der Waals surface area contributed by atoms with Gasteiger partial charge < -0.3 is 19.3 Å². The highest BCUT2D eigenvalue weighted by Crippen LogP contribution is 2.18. The van der Waals surface area contributed by atoms with E-state index in [0.717, 1.165) is 23.5 Å². The predicted molar refractivity (Wildman–Crippen MR) is 125 cm³/mol. The molecule has 2 aromatic carbocycles. The second-order valence-electron chi connectivity index (χ2n) is 8.61. The van der Waals surface area contributed by atoms with Gasteiger partial charge in [0.2, 0.25) is 5.91 Å². The zero-order valence-electron chi connectivity index (χ0n) is 19.4. The smallest absolute Gasteiger partial charge is 0.254 e. The van der Waals surface area contributed by atoms with E-state index in [4.69, 9.17) is 9.47 Å². The maximum atomic E-state index is 13.0. The largest absolute Gasteiger partial charge is 0.497 e. The molecule has 0 radical (unpaired) electrons. The van der Waals surface area contributed by atoms with Gasteiger partial charge in [0.1, 0.15) is 11.5 Å². The summed E-state index contributed by atoms with van der Waals surface area (Å²) < 4.78 is 10.9. The van der Waals surface area contributed by atoms with Crippen LogP contribution in [0, 0.1) is 5.92 Å². The third kappa shape index (κ3) is 6.74. The van der Waals surface area contributed by atoms with Gasteiger partial charge in [-0.25, -0.2) is 0 Å². The van der Waals surface area contributed by atoms with E-state index in [1.54, 1.807) is 7.11 Å². The third-order valence-electron chi connectivity index (χ3n) is 5.59. The summed E-state index contributed by atoms with van der Waals surface area (Å²) in [5, 5.41) is 0. The number of rotatable bonds is 8. The lowest BCUT2D eigenvalue weighted by atomic mass is 10.1. The van der Waals surface area contributed by atoms with Gasteiger partial charge in [0.05, 0.1) is 13.7 Å². The molecule has 0 saturated carbocycles. The van der Waals surface area contributed by atoms with Crippen LogP contribution in [0.5, 0.6) is 11.5 Å². The zero-order chi connectivity index (χ0) is 22.9. The molecule has 1 aliphatic rings. The lowest BCUT2D eigenvalue weighted by Crippen LogP contribution is -2.37. The minimum absolute atomic E-state index is 0.00692. The average molecular weight is 439 g/mol. The minimum atomic E-state index is -0.00692. The van der Waals surface area contributed by atoms with Crippen LogP contribution in [0.15, 0.2) is 48.5 Å². The number of carbonyl (C=O) groups excluding carboxylic acids is 2. The highest BCUT2D eigenvalue weighted by molar-refractivity contribution is 5.94. The molecule has 172 valence electrons. The SMILES string of the molecule is COc1ccc(CCC(=O)N2CCCN(C(=O)c3cccc(OCC(C)C)c3)CC2)cc1. The number of aryl methyl sites for hydroxylation is 1. The van der Waals surface area contributed by atoms with Gasteiger partial charge in [-0.15, -0.1) is 0 Å². The van der Waals surface area contributed by atoms with E-state index < -0.39 is 0 Å². The summed E-state index contributed by atoms with van der Waals surface area (Å²) in [4.78, 5) is 29.5. The molecule has 32 heavy (non-hydrogen) atoms. The summed E-state index contributed by atoms with van der Waals surface area (Å²) >= 11 is 0. The molecule has 0 N–H and O–H groups in total. The van der Waals surface area contributed by atoms with Crippen molar-refractivity contribution in [3.05, 3.63) is 59.7 Å². The summed E-state index contributed by atoms with van der Waals surface area (Å²) in [6, 6.07) is 15.2. The lowest BCUT2D eigenvalue weighted by molar-refractivity contribution is -0.131. The Labute approximate surface area is 191 Å². The first-order chi connectivity index (χ1) is 15.5. The molecule has 6 nitrogen and oxygen atoms in total. The van der Waals surface area contributed by atoms with Crippen LogP contribution in [-0.2, 0) is 11.2 Å². The number of carbonyl (C=O) groups is 2. The molecule has 2 amide bonds. The van der Waals surface area contributed by atoms with Crippen molar-refractivity contribution < 1.29 is 19.1 Å². The number of hydrogen-bond donors (Lipinski definition) is 0. The Balaban J connectivity index is 1.52. The van der Waals surface area contributed by atoms with Crippen molar-refractivity contribution in [2.45, 2.75) is 33.1 Å². The topological polar surface area (TPSA) is 59.1 Å². The Morgan fingerprint density at radius 2 is 1.66 bits per heavy atom. The normalized spacial score (nSPS) is 14.2. The highest BCUT2D eigenvalue weighted by atomic mass is 16.5. The Morgan fingerprint density at radius 1 is 0.938 bits per heavy atom. The molecular formula is C26H34N2O4. The fourth-order valence-electron chi connectivity index (χ4n) is 3.74. The highest BCUT2D eigenvalue weighted by Gasteiger charge is 2.23. The standard InChI is InChI=1S/C26H34N2O4/c1-20(2)19-32-24-7-4-6-22(18-24)26(30)28-15-5-14-27(16-17-28)25(29)13-10-21-8-11-23(31-3)12-9-21/h4,6-9,11-12,18,20H,5,10,13-17,19H2,1-3H3. The Morgan fingerprint density at radius 3 is 2.38 bits per heavy atom. The third-order valence-corrected chi connectivity index (χ3v) is 5.59. The Hall–Kier alpha value is -3.02. The van der Waals surface area contributed by atoms with E-state index in [1.807, 2.05) is 58.3 Å². The molecule has 0 bridgehead atoms. The minimum Gasteiger partial charge on any atom is -0.497 e. The van der Waals surface area contributed by atoms with Crippen LogP contribution >= 0.6 is 0 Å². The Kier molecular flexibility index (Phi) is 8.54. The van der Waals surface area contributed by atoms with Gasteiger partial charge in [0.25, 0.3) is 5.91 Å². The maximum absolute atomic E-state index is 13.0. The fourth-order valence-corrected chi connectivity index (χ4v) is 3.74. The summed E-state index contributed by atoms with van der Waals surface area (Å²) in [5.41, 5.74) is 1.75. The Bertz CT molecular complexity index is 895. The van der Waals surface area contributed by atoms with Crippen LogP contribution in [0.2, 0.25) is 0 Å². The molecule has 0 aromatic heterocycles. The second kappa shape index (κ2) is 11.6. The van der Waals surface area contributed by atoms with Crippen molar-refractivity contribution in [2.24, 2.45) is 5.92 Å². The first kappa shape index (κ1) is 23.6. The zero-order valence-corrected chi connectivity index (χ0v) is 19.4. The van der Waals surface area contributed by atoms with Gasteiger partial charge in [0.15, 0.2) is 0 Å². The molecule has 2 aromatic rings. The summed E-state index contributed by atoms with van der Waals surface area (Å²) in [5.74, 6) is 2.09. The lowest BCUT2D eigenvalue weighted by Gasteiger charge is -2.22. The number of benzene rings is 2. The van der Waals surface area contributed by atoms with Crippen LogP contribution in [0.1, 0.15) is 42.6 Å². The van der Waals surface area contributed by atoms with E-state index >= 15 is 0 Å². The van der Waals surface area contributed by atoms with Gasteiger partial charge in [-0.05, 0) is 54.7 Å². The van der Waals surface area contributed by atoms with Crippen LogP contribution in [-0.4, -0.2) is 61.5 Å². The molecule has 6 heteroatoms. The van der Waals surface area contributed by atoms with Crippen LogP contribution in [0.4, 0.5) is 0 Å². The van der Waals surface area contributed by atoms with Crippen molar-refractivity contribution >= 4 is 11.8 Å². The van der Waals surface area contributed by atoms with E-state index in [2.05, 4.69) is 13.8 Å². The molecule has 0 atom stereocenters. The van der Waals surface area contributed by atoms with E-state index in [-0.39, 0.29) is 11.8 Å². The van der Waals surface area contributed by atoms with Crippen molar-refractivity contribution in [3.8, 4) is 11.5 Å². The quantitative estimate of drug-likeness (QED) is 0.624. The summed E-state index contributed by atoms with van der Waals surface area (Å²) in [6.45, 7) is 7.25. The monoisotopic (exact) mass is 438 g/mol. The first-order valence-corrected chi connectivity index (χ1v) is 11.4. The van der Waals surface area contributed by atoms with E-state index in [1.165, 1.54) is 0 Å². The number of ether oxygens (including phenoxy) is 2. The van der Waals surface area contributed by atoms with Crippen molar-refractivity contribution in [3.63, 3.8) is 0 Å². The molecule has 1 saturated heterocycles. The van der Waals surface area contributed by atoms with Gasteiger partial charge >= 0.3 is 0 Å². The van der Waals surface area contributed by atoms with Crippen LogP contribution in [0.25, 0.3) is 0 Å². The van der Waals surface area contributed by atoms with Gasteiger partial charge in [0, 0.05) is 38.2 Å². The molecule has 1 aliphatic heterocycles. The summed E-state index contributed by atoms with van der Waals surface area (Å²) in [7, 11) is 1.64. The number of amides is 2. The van der Waals surface area contributed by atoms with E-state index in [9.17, 15) is 9.59 Å². The molecule has 1 heterocycles. The van der Waals surface area contributed by atoms with Gasteiger partial charge in [-0.2, -0.15) is 0 Å². The molecule has 3 rings (SSSR count). The maximum Gasteiger partial charge on any atom is 0.254 e. The number of nitrogens with zero attached hydrogens (tertiary/aromatic N) is 2. The van der Waals surface area contributed by atoms with Crippen molar-refractivity contribution in [1.82, 2.24) is 9.80 Å². The summed E-state index contributed by atoms with van der Waals surface area (Å²) in [6.07, 6.45) is 1.95. The average Bonchev–Trinajstić information content (AvgIpc) is 3.07. The number of methoxy groups -OCH3 is 1. The van der Waals surface area contributed by atoms with Gasteiger partial charge in [-0.3, -0.25) is 9.59 Å². The van der Waals surface area contributed by atoms with E-state index in [0.29, 0.717) is 57.1 Å². The van der Waals surface area contributed by atoms with Crippen molar-refractivity contribution in [1.29, 1.82) is 0 Å². The van der Waals surface area contributed by atoms with Gasteiger partial charge in [-0.1, -0.05) is 32.0 Å². The molecule has 0 aliphatic carbocycles. The molecule has 0 spiro atoms. The number of hydrogen-bond acceptors (Lipinski definition) is 4. The van der Waals surface area contributed by atoms with Crippen LogP contribution in [0.3, 0.4) is 0 Å². The molecule has 0 unspecified atom stereocenters. The molecular weight excluding hydrogens is 404 g/mol. The van der Waals surface area contributed by atoms with Crippen LogP contribution < -0.4 is 9.47 Å². The fraction of sp³-hybridized carbons (Fsp3) is 0.462. The van der Waals surface area contributed by atoms with Crippen molar-refractivity contribution in [2.75, 3.05) is 39.9 Å². The second-order valence-corrected chi connectivity index (χ2v) is 8.61. The predicted octanol–water partition coefficient (Wildman–Crippen LogP) is 4.04. The molecule has 1 fully saturated rings.